The number of hydrogen-bond donors (Lipinski definition) is 2. The summed E-state index contributed by atoms with van der Waals surface area (Å²) in [4.78, 5) is 0. The SMILES string of the molecule is O[C@@H]1CC[C@@H](O)[C@H]2CC[C@@H]1S2. The fraction of sp³-hybridized carbons (Fsp3) is 1.00. The largest absolute Gasteiger partial charge is 0.392 e. The second-order valence-electron chi connectivity index (χ2n) is 3.50. The molecule has 2 N–H and O–H groups in total. The van der Waals surface area contributed by atoms with E-state index in [9.17, 15) is 10.2 Å². The Morgan fingerprint density at radius 3 is 1.73 bits per heavy atom. The molecule has 2 aliphatic rings. The molecule has 11 heavy (non-hydrogen) atoms. The summed E-state index contributed by atoms with van der Waals surface area (Å²) in [5.41, 5.74) is 0. The first-order valence-corrected chi connectivity index (χ1v) is 5.23. The van der Waals surface area contributed by atoms with E-state index < -0.39 is 0 Å². The van der Waals surface area contributed by atoms with E-state index >= 15 is 0 Å². The zero-order valence-electron chi connectivity index (χ0n) is 6.44. The molecule has 0 radical (unpaired) electrons. The lowest BCUT2D eigenvalue weighted by atomic mass is 9.97. The molecule has 0 aromatic heterocycles. The highest BCUT2D eigenvalue weighted by Crippen LogP contribution is 2.42. The van der Waals surface area contributed by atoms with Crippen LogP contribution < -0.4 is 0 Å². The van der Waals surface area contributed by atoms with Crippen molar-refractivity contribution in [3.05, 3.63) is 0 Å². The topological polar surface area (TPSA) is 40.5 Å². The zero-order valence-corrected chi connectivity index (χ0v) is 7.26. The van der Waals surface area contributed by atoms with Gasteiger partial charge < -0.3 is 10.2 Å². The summed E-state index contributed by atoms with van der Waals surface area (Å²) in [6.45, 7) is 0. The summed E-state index contributed by atoms with van der Waals surface area (Å²) in [6.07, 6.45) is 3.43. The highest BCUT2D eigenvalue weighted by Gasteiger charge is 2.37. The second-order valence-corrected chi connectivity index (χ2v) is 4.99. The van der Waals surface area contributed by atoms with Gasteiger partial charge in [-0.25, -0.2) is 0 Å². The molecule has 2 nitrogen and oxygen atoms in total. The number of aliphatic hydroxyl groups is 2. The van der Waals surface area contributed by atoms with E-state index in [1.54, 1.807) is 11.8 Å². The Morgan fingerprint density at radius 1 is 0.818 bits per heavy atom. The van der Waals surface area contributed by atoms with Crippen molar-refractivity contribution in [1.29, 1.82) is 0 Å². The van der Waals surface area contributed by atoms with Crippen molar-refractivity contribution in [3.63, 3.8) is 0 Å². The second kappa shape index (κ2) is 2.96. The number of aliphatic hydroxyl groups excluding tert-OH is 2. The van der Waals surface area contributed by atoms with E-state index in [-0.39, 0.29) is 12.2 Å². The molecule has 2 fully saturated rings. The summed E-state index contributed by atoms with van der Waals surface area (Å²) < 4.78 is 0. The molecule has 2 bridgehead atoms. The van der Waals surface area contributed by atoms with Crippen LogP contribution in [0.1, 0.15) is 25.7 Å². The van der Waals surface area contributed by atoms with E-state index in [1.807, 2.05) is 0 Å². The maximum absolute atomic E-state index is 9.56. The van der Waals surface area contributed by atoms with Gasteiger partial charge in [-0.3, -0.25) is 0 Å². The van der Waals surface area contributed by atoms with E-state index in [2.05, 4.69) is 0 Å². The Labute approximate surface area is 71.0 Å². The van der Waals surface area contributed by atoms with Crippen molar-refractivity contribution >= 4 is 11.8 Å². The van der Waals surface area contributed by atoms with Gasteiger partial charge in [0.1, 0.15) is 0 Å². The predicted molar refractivity (Wildman–Crippen MR) is 45.6 cm³/mol. The molecule has 0 amide bonds. The molecule has 0 aliphatic carbocycles. The van der Waals surface area contributed by atoms with Gasteiger partial charge in [-0.2, -0.15) is 0 Å². The average Bonchev–Trinajstić information content (AvgIpc) is 2.42. The third kappa shape index (κ3) is 1.42. The quantitative estimate of drug-likeness (QED) is 0.570. The van der Waals surface area contributed by atoms with Crippen molar-refractivity contribution in [1.82, 2.24) is 0 Å². The standard InChI is InChI=1S/C8H14O2S/c9-5-1-2-6(10)8-4-3-7(5)11-8/h5-10H,1-4H2/t5-,6-,7-,8+/m1/s1. The molecular weight excluding hydrogens is 160 g/mol. The van der Waals surface area contributed by atoms with Crippen LogP contribution in [0.25, 0.3) is 0 Å². The fourth-order valence-corrected chi connectivity index (χ4v) is 3.60. The van der Waals surface area contributed by atoms with E-state index in [0.29, 0.717) is 10.5 Å². The van der Waals surface area contributed by atoms with Crippen LogP contribution in [0.5, 0.6) is 0 Å². The first kappa shape index (κ1) is 7.90. The molecule has 0 unspecified atom stereocenters. The van der Waals surface area contributed by atoms with Crippen molar-refractivity contribution in [2.75, 3.05) is 0 Å². The normalized spacial score (nSPS) is 50.7. The number of thioether (sulfide) groups is 1. The molecular formula is C8H14O2S. The fourth-order valence-electron chi connectivity index (χ4n) is 1.97. The molecule has 0 aromatic rings. The Balaban J connectivity index is 2.07. The smallest absolute Gasteiger partial charge is 0.0659 e. The Bertz CT molecular complexity index is 135. The lowest BCUT2D eigenvalue weighted by Crippen LogP contribution is -2.22. The van der Waals surface area contributed by atoms with Gasteiger partial charge in [0.2, 0.25) is 0 Å². The van der Waals surface area contributed by atoms with Crippen LogP contribution in [0.15, 0.2) is 0 Å². The maximum Gasteiger partial charge on any atom is 0.0659 e. The summed E-state index contributed by atoms with van der Waals surface area (Å²) in [6, 6.07) is 0. The molecule has 2 heterocycles. The minimum atomic E-state index is -0.165. The summed E-state index contributed by atoms with van der Waals surface area (Å²) in [5.74, 6) is 0. The molecule has 3 heteroatoms. The van der Waals surface area contributed by atoms with Crippen molar-refractivity contribution < 1.29 is 10.2 Å². The van der Waals surface area contributed by atoms with Gasteiger partial charge in [0, 0.05) is 10.5 Å². The van der Waals surface area contributed by atoms with E-state index in [0.717, 1.165) is 25.7 Å². The van der Waals surface area contributed by atoms with Crippen LogP contribution in [-0.4, -0.2) is 32.9 Å². The molecule has 64 valence electrons. The summed E-state index contributed by atoms with van der Waals surface area (Å²) >= 11 is 1.79. The van der Waals surface area contributed by atoms with Crippen molar-refractivity contribution in [3.8, 4) is 0 Å². The zero-order chi connectivity index (χ0) is 7.84. The highest BCUT2D eigenvalue weighted by molar-refractivity contribution is 8.00. The van der Waals surface area contributed by atoms with Gasteiger partial charge in [-0.05, 0) is 25.7 Å². The Hall–Kier alpha value is 0.270. The summed E-state index contributed by atoms with van der Waals surface area (Å²) in [5, 5.41) is 20.0. The Morgan fingerprint density at radius 2 is 1.27 bits per heavy atom. The molecule has 2 aliphatic heterocycles. The number of fused-ring (bicyclic) bond motifs is 2. The maximum atomic E-state index is 9.56. The minimum Gasteiger partial charge on any atom is -0.392 e. The average molecular weight is 174 g/mol. The van der Waals surface area contributed by atoms with Crippen LogP contribution in [0.4, 0.5) is 0 Å². The number of hydrogen-bond acceptors (Lipinski definition) is 3. The first-order chi connectivity index (χ1) is 5.27. The van der Waals surface area contributed by atoms with Crippen molar-refractivity contribution in [2.45, 2.75) is 48.4 Å². The van der Waals surface area contributed by atoms with Crippen LogP contribution in [0.3, 0.4) is 0 Å². The van der Waals surface area contributed by atoms with E-state index in [1.165, 1.54) is 0 Å². The van der Waals surface area contributed by atoms with Gasteiger partial charge in [0.15, 0.2) is 0 Å². The minimum absolute atomic E-state index is 0.165. The molecule has 2 rings (SSSR count). The van der Waals surface area contributed by atoms with Gasteiger partial charge in [-0.15, -0.1) is 11.8 Å². The highest BCUT2D eigenvalue weighted by atomic mass is 32.2. The number of rotatable bonds is 0. The molecule has 0 saturated carbocycles. The molecule has 0 spiro atoms. The van der Waals surface area contributed by atoms with Gasteiger partial charge >= 0.3 is 0 Å². The third-order valence-electron chi connectivity index (χ3n) is 2.70. The van der Waals surface area contributed by atoms with Gasteiger partial charge in [0.05, 0.1) is 12.2 Å². The first-order valence-electron chi connectivity index (χ1n) is 4.29. The van der Waals surface area contributed by atoms with Crippen LogP contribution in [0, 0.1) is 0 Å². The van der Waals surface area contributed by atoms with Gasteiger partial charge in [-0.1, -0.05) is 0 Å². The lowest BCUT2D eigenvalue weighted by molar-refractivity contribution is 0.105. The van der Waals surface area contributed by atoms with E-state index in [4.69, 9.17) is 0 Å². The van der Waals surface area contributed by atoms with Crippen LogP contribution in [-0.2, 0) is 0 Å². The molecule has 4 atom stereocenters. The van der Waals surface area contributed by atoms with Gasteiger partial charge in [0.25, 0.3) is 0 Å². The Kier molecular flexibility index (Phi) is 2.12. The predicted octanol–water partition coefficient (Wildman–Crippen LogP) is 0.766. The lowest BCUT2D eigenvalue weighted by Gasteiger charge is -2.16. The van der Waals surface area contributed by atoms with Crippen LogP contribution >= 0.6 is 11.8 Å². The van der Waals surface area contributed by atoms with Crippen LogP contribution in [0.2, 0.25) is 0 Å². The molecule has 2 saturated heterocycles. The molecule has 0 aromatic carbocycles. The van der Waals surface area contributed by atoms with Crippen molar-refractivity contribution in [2.24, 2.45) is 0 Å². The third-order valence-corrected chi connectivity index (χ3v) is 4.50. The summed E-state index contributed by atoms with van der Waals surface area (Å²) in [7, 11) is 0. The monoisotopic (exact) mass is 174 g/mol.